The maximum atomic E-state index is 13.9. The van der Waals surface area contributed by atoms with Gasteiger partial charge in [-0.05, 0) is 56.5 Å². The van der Waals surface area contributed by atoms with Crippen LogP contribution in [0, 0.1) is 0 Å². The molecule has 0 bridgehead atoms. The zero-order chi connectivity index (χ0) is 25.6. The molecule has 0 unspecified atom stereocenters. The van der Waals surface area contributed by atoms with Gasteiger partial charge in [-0.1, -0.05) is 89.9 Å². The lowest BCUT2D eigenvalue weighted by atomic mass is 9.88. The molecular weight excluding hydrogens is 479 g/mol. The van der Waals surface area contributed by atoms with Gasteiger partial charge >= 0.3 is 0 Å². The zero-order valence-corrected chi connectivity index (χ0v) is 22.1. The number of hydrogen-bond donors (Lipinski definition) is 1. The SMILES string of the molecule is C[C@H](C(=O)NC(C)(C)C)N(Cc1ccc(Cl)cc1Cl)C(=O)CC(c1ccccc1)c1ccccc1. The number of nitrogens with zero attached hydrogens (tertiary/aromatic N) is 1. The van der Waals surface area contributed by atoms with Crippen LogP contribution in [0.25, 0.3) is 0 Å². The molecule has 0 spiro atoms. The van der Waals surface area contributed by atoms with Crippen molar-refractivity contribution in [3.05, 3.63) is 106 Å². The fourth-order valence-corrected chi connectivity index (χ4v) is 4.45. The second kappa shape index (κ2) is 11.7. The minimum absolute atomic E-state index is 0.134. The summed E-state index contributed by atoms with van der Waals surface area (Å²) in [6.07, 6.45) is 0.215. The summed E-state index contributed by atoms with van der Waals surface area (Å²) in [6.45, 7) is 7.70. The van der Waals surface area contributed by atoms with Gasteiger partial charge in [-0.2, -0.15) is 0 Å². The number of benzene rings is 3. The summed E-state index contributed by atoms with van der Waals surface area (Å²) in [4.78, 5) is 28.6. The molecule has 0 aromatic heterocycles. The molecule has 6 heteroatoms. The molecule has 0 saturated carbocycles. The first kappa shape index (κ1) is 26.8. The van der Waals surface area contributed by atoms with Gasteiger partial charge in [0.05, 0.1) is 0 Å². The Labute approximate surface area is 218 Å². The molecular formula is C29H32Cl2N2O2. The second-order valence-electron chi connectivity index (χ2n) is 9.75. The fraction of sp³-hybridized carbons (Fsp3) is 0.310. The predicted molar refractivity (Wildman–Crippen MR) is 144 cm³/mol. The highest BCUT2D eigenvalue weighted by Crippen LogP contribution is 2.30. The van der Waals surface area contributed by atoms with E-state index in [1.165, 1.54) is 0 Å². The third-order valence-corrected chi connectivity index (χ3v) is 6.39. The van der Waals surface area contributed by atoms with Crippen LogP contribution in [0.2, 0.25) is 10.0 Å². The number of carbonyl (C=O) groups excluding carboxylic acids is 2. The van der Waals surface area contributed by atoms with Crippen molar-refractivity contribution in [2.75, 3.05) is 0 Å². The van der Waals surface area contributed by atoms with Crippen molar-refractivity contribution in [2.24, 2.45) is 0 Å². The first-order valence-electron chi connectivity index (χ1n) is 11.7. The van der Waals surface area contributed by atoms with Crippen molar-refractivity contribution in [3.63, 3.8) is 0 Å². The van der Waals surface area contributed by atoms with E-state index in [9.17, 15) is 9.59 Å². The van der Waals surface area contributed by atoms with E-state index in [0.29, 0.717) is 10.0 Å². The van der Waals surface area contributed by atoms with Gasteiger partial charge in [0.25, 0.3) is 0 Å². The number of nitrogens with one attached hydrogen (secondary N) is 1. The summed E-state index contributed by atoms with van der Waals surface area (Å²) in [6, 6.07) is 24.4. The molecule has 0 fully saturated rings. The smallest absolute Gasteiger partial charge is 0.242 e. The number of amides is 2. The Balaban J connectivity index is 1.95. The third kappa shape index (κ3) is 7.58. The summed E-state index contributed by atoms with van der Waals surface area (Å²) in [5.41, 5.74) is 2.40. The molecule has 0 aliphatic carbocycles. The topological polar surface area (TPSA) is 49.4 Å². The summed E-state index contributed by atoms with van der Waals surface area (Å²) in [5.74, 6) is -0.497. The molecule has 1 N–H and O–H groups in total. The lowest BCUT2D eigenvalue weighted by Gasteiger charge is -2.33. The van der Waals surface area contributed by atoms with E-state index < -0.39 is 11.6 Å². The number of carbonyl (C=O) groups is 2. The van der Waals surface area contributed by atoms with E-state index in [1.807, 2.05) is 81.4 Å². The van der Waals surface area contributed by atoms with E-state index in [1.54, 1.807) is 30.0 Å². The molecule has 0 radical (unpaired) electrons. The average molecular weight is 511 g/mol. The molecule has 4 nitrogen and oxygen atoms in total. The first-order valence-corrected chi connectivity index (χ1v) is 12.5. The molecule has 35 heavy (non-hydrogen) atoms. The van der Waals surface area contributed by atoms with Crippen LogP contribution in [-0.4, -0.2) is 28.3 Å². The van der Waals surface area contributed by atoms with E-state index in [2.05, 4.69) is 5.32 Å². The molecule has 0 aliphatic heterocycles. The Morgan fingerprint density at radius 2 is 1.43 bits per heavy atom. The standard InChI is InChI=1S/C29H32Cl2N2O2/c1-20(28(35)32-29(2,3)4)33(19-23-15-16-24(30)17-26(23)31)27(34)18-25(21-11-7-5-8-12-21)22-13-9-6-10-14-22/h5-17,20,25H,18-19H2,1-4H3,(H,32,35)/t20-/m1/s1. The summed E-state index contributed by atoms with van der Waals surface area (Å²) >= 11 is 12.5. The van der Waals surface area contributed by atoms with Crippen molar-refractivity contribution in [3.8, 4) is 0 Å². The molecule has 0 saturated heterocycles. The van der Waals surface area contributed by atoms with Crippen molar-refractivity contribution in [1.82, 2.24) is 10.2 Å². The fourth-order valence-electron chi connectivity index (χ4n) is 3.98. The van der Waals surface area contributed by atoms with Crippen LogP contribution in [0.15, 0.2) is 78.9 Å². The molecule has 184 valence electrons. The Morgan fingerprint density at radius 1 is 0.886 bits per heavy atom. The average Bonchev–Trinajstić information content (AvgIpc) is 2.81. The van der Waals surface area contributed by atoms with Crippen LogP contribution >= 0.6 is 23.2 Å². The van der Waals surface area contributed by atoms with E-state index in [0.717, 1.165) is 16.7 Å². The van der Waals surface area contributed by atoms with Gasteiger partial charge in [-0.25, -0.2) is 0 Å². The van der Waals surface area contributed by atoms with Crippen molar-refractivity contribution < 1.29 is 9.59 Å². The van der Waals surface area contributed by atoms with Crippen LogP contribution in [0.4, 0.5) is 0 Å². The highest BCUT2D eigenvalue weighted by atomic mass is 35.5. The van der Waals surface area contributed by atoms with E-state index in [4.69, 9.17) is 23.2 Å². The summed E-state index contributed by atoms with van der Waals surface area (Å²) in [5, 5.41) is 3.97. The number of halogens is 2. The minimum atomic E-state index is -0.694. The van der Waals surface area contributed by atoms with Crippen LogP contribution < -0.4 is 5.32 Å². The lowest BCUT2D eigenvalue weighted by molar-refractivity contribution is -0.141. The first-order chi connectivity index (χ1) is 16.5. The Bertz CT molecular complexity index is 1100. The Morgan fingerprint density at radius 3 is 1.91 bits per heavy atom. The third-order valence-electron chi connectivity index (χ3n) is 5.80. The van der Waals surface area contributed by atoms with Gasteiger partial charge in [0.15, 0.2) is 0 Å². The molecule has 3 rings (SSSR count). The molecule has 3 aromatic rings. The maximum Gasteiger partial charge on any atom is 0.242 e. The highest BCUT2D eigenvalue weighted by molar-refractivity contribution is 6.35. The number of hydrogen-bond acceptors (Lipinski definition) is 2. The monoisotopic (exact) mass is 510 g/mol. The van der Waals surface area contributed by atoms with Gasteiger partial charge in [-0.15, -0.1) is 0 Å². The van der Waals surface area contributed by atoms with Gasteiger partial charge in [-0.3, -0.25) is 9.59 Å². The van der Waals surface area contributed by atoms with Gasteiger partial charge < -0.3 is 10.2 Å². The molecule has 1 atom stereocenters. The van der Waals surface area contributed by atoms with Crippen LogP contribution in [0.3, 0.4) is 0 Å². The summed E-state index contributed by atoms with van der Waals surface area (Å²) in [7, 11) is 0. The molecule has 2 amide bonds. The summed E-state index contributed by atoms with van der Waals surface area (Å²) < 4.78 is 0. The van der Waals surface area contributed by atoms with Gasteiger partial charge in [0.2, 0.25) is 11.8 Å². The second-order valence-corrected chi connectivity index (χ2v) is 10.6. The van der Waals surface area contributed by atoms with Crippen LogP contribution in [-0.2, 0) is 16.1 Å². The molecule has 3 aromatic carbocycles. The maximum absolute atomic E-state index is 13.9. The Kier molecular flexibility index (Phi) is 8.98. The minimum Gasteiger partial charge on any atom is -0.350 e. The lowest BCUT2D eigenvalue weighted by Crippen LogP contribution is -2.52. The van der Waals surface area contributed by atoms with Gasteiger partial charge in [0, 0.05) is 34.5 Å². The quantitative estimate of drug-likeness (QED) is 0.360. The normalized spacial score (nSPS) is 12.3. The van der Waals surface area contributed by atoms with E-state index in [-0.39, 0.29) is 30.7 Å². The van der Waals surface area contributed by atoms with Crippen molar-refractivity contribution in [1.29, 1.82) is 0 Å². The largest absolute Gasteiger partial charge is 0.350 e. The Hall–Kier alpha value is -2.82. The van der Waals surface area contributed by atoms with Gasteiger partial charge in [0.1, 0.15) is 6.04 Å². The number of rotatable bonds is 8. The van der Waals surface area contributed by atoms with E-state index >= 15 is 0 Å². The van der Waals surface area contributed by atoms with Crippen LogP contribution in [0.1, 0.15) is 56.7 Å². The predicted octanol–water partition coefficient (Wildman–Crippen LogP) is 6.85. The van der Waals surface area contributed by atoms with Crippen molar-refractivity contribution >= 4 is 35.0 Å². The zero-order valence-electron chi connectivity index (χ0n) is 20.6. The van der Waals surface area contributed by atoms with Crippen LogP contribution in [0.5, 0.6) is 0 Å². The molecule has 0 aliphatic rings. The molecule has 0 heterocycles. The van der Waals surface area contributed by atoms with Crippen molar-refractivity contribution in [2.45, 2.75) is 58.2 Å². The highest BCUT2D eigenvalue weighted by Gasteiger charge is 2.31.